The Labute approximate surface area is 170 Å². The van der Waals surface area contributed by atoms with Crippen LogP contribution in [0.2, 0.25) is 10.0 Å². The van der Waals surface area contributed by atoms with Crippen molar-refractivity contribution in [2.45, 2.75) is 0 Å². The van der Waals surface area contributed by atoms with Crippen LogP contribution in [0.4, 0.5) is 11.4 Å². The smallest absolute Gasteiger partial charge is 0.255 e. The lowest BCUT2D eigenvalue weighted by atomic mass is 10.1. The normalized spacial score (nSPS) is 10.4. The van der Waals surface area contributed by atoms with Crippen LogP contribution in [0.1, 0.15) is 20.7 Å². The number of carbonyl (C=O) groups excluding carboxylic acids is 2. The summed E-state index contributed by atoms with van der Waals surface area (Å²) in [5.74, 6) is -2.29. The molecule has 0 aliphatic rings. The van der Waals surface area contributed by atoms with E-state index in [9.17, 15) is 19.8 Å². The zero-order valence-electron chi connectivity index (χ0n) is 14.2. The molecule has 0 unspecified atom stereocenters. The quantitative estimate of drug-likeness (QED) is 0.358. The number of phenols is 2. The second kappa shape index (κ2) is 8.21. The number of benzene rings is 3. The lowest BCUT2D eigenvalue weighted by Gasteiger charge is -2.16. The van der Waals surface area contributed by atoms with E-state index in [1.54, 1.807) is 60.7 Å². The van der Waals surface area contributed by atoms with Crippen LogP contribution in [-0.4, -0.2) is 22.0 Å². The van der Waals surface area contributed by atoms with Gasteiger partial charge in [-0.1, -0.05) is 59.6 Å². The highest BCUT2D eigenvalue weighted by Crippen LogP contribution is 2.50. The minimum absolute atomic E-state index is 0.268. The molecule has 0 radical (unpaired) electrons. The second-order valence-corrected chi connectivity index (χ2v) is 6.47. The molecule has 0 aliphatic heterocycles. The van der Waals surface area contributed by atoms with E-state index in [0.29, 0.717) is 11.1 Å². The van der Waals surface area contributed by atoms with E-state index < -0.39 is 23.3 Å². The highest BCUT2D eigenvalue weighted by Gasteiger charge is 2.25. The first-order valence-corrected chi connectivity index (χ1v) is 8.81. The van der Waals surface area contributed by atoms with Crippen molar-refractivity contribution in [3.05, 3.63) is 81.8 Å². The zero-order valence-corrected chi connectivity index (χ0v) is 15.8. The summed E-state index contributed by atoms with van der Waals surface area (Å²) in [6.45, 7) is 0. The first-order valence-electron chi connectivity index (χ1n) is 8.05. The van der Waals surface area contributed by atoms with Crippen molar-refractivity contribution in [2.75, 3.05) is 10.6 Å². The van der Waals surface area contributed by atoms with Crippen molar-refractivity contribution in [3.63, 3.8) is 0 Å². The van der Waals surface area contributed by atoms with Gasteiger partial charge in [-0.15, -0.1) is 0 Å². The van der Waals surface area contributed by atoms with Crippen LogP contribution in [0.15, 0.2) is 60.7 Å². The highest BCUT2D eigenvalue weighted by atomic mass is 35.5. The fourth-order valence-corrected chi connectivity index (χ4v) is 2.91. The summed E-state index contributed by atoms with van der Waals surface area (Å²) in [7, 11) is 0. The molecule has 3 aromatic carbocycles. The molecule has 0 fully saturated rings. The molecule has 0 saturated heterocycles. The minimum atomic E-state index is -0.586. The molecular formula is C20H14Cl2N2O4. The number of phenolic OH excluding ortho intramolecular Hbond substituents is 2. The minimum Gasteiger partial charge on any atom is -0.504 e. The summed E-state index contributed by atoms with van der Waals surface area (Å²) >= 11 is 12.2. The van der Waals surface area contributed by atoms with Gasteiger partial charge in [0.1, 0.15) is 21.4 Å². The van der Waals surface area contributed by atoms with Gasteiger partial charge < -0.3 is 20.8 Å². The van der Waals surface area contributed by atoms with Crippen molar-refractivity contribution in [1.29, 1.82) is 0 Å². The lowest BCUT2D eigenvalue weighted by Crippen LogP contribution is -2.14. The molecule has 4 N–H and O–H groups in total. The number of aromatic hydroxyl groups is 2. The number of hydrogen-bond donors (Lipinski definition) is 4. The molecule has 0 aliphatic carbocycles. The van der Waals surface area contributed by atoms with E-state index in [1.807, 2.05) is 0 Å². The maximum Gasteiger partial charge on any atom is 0.255 e. The van der Waals surface area contributed by atoms with Crippen LogP contribution in [-0.2, 0) is 0 Å². The molecule has 0 bridgehead atoms. The van der Waals surface area contributed by atoms with Gasteiger partial charge in [0.05, 0.1) is 0 Å². The maximum atomic E-state index is 12.3. The Balaban J connectivity index is 1.93. The molecule has 2 amide bonds. The van der Waals surface area contributed by atoms with Crippen molar-refractivity contribution in [3.8, 4) is 11.5 Å². The summed E-state index contributed by atoms with van der Waals surface area (Å²) in [6, 6.07) is 16.4. The fraction of sp³-hybridized carbons (Fsp3) is 0. The van der Waals surface area contributed by atoms with Gasteiger partial charge in [0, 0.05) is 11.1 Å². The van der Waals surface area contributed by atoms with E-state index in [4.69, 9.17) is 23.2 Å². The third-order valence-electron chi connectivity index (χ3n) is 3.88. The monoisotopic (exact) mass is 416 g/mol. The van der Waals surface area contributed by atoms with Gasteiger partial charge >= 0.3 is 0 Å². The van der Waals surface area contributed by atoms with Crippen LogP contribution >= 0.6 is 23.2 Å². The molecule has 8 heteroatoms. The molecule has 3 rings (SSSR count). The molecule has 28 heavy (non-hydrogen) atoms. The van der Waals surface area contributed by atoms with E-state index in [0.717, 1.165) is 0 Å². The Morgan fingerprint density at radius 1 is 0.643 bits per heavy atom. The Morgan fingerprint density at radius 3 is 1.29 bits per heavy atom. The highest BCUT2D eigenvalue weighted by molar-refractivity contribution is 6.41. The van der Waals surface area contributed by atoms with Crippen LogP contribution in [0, 0.1) is 0 Å². The SMILES string of the molecule is O=C(Nc1c(O)c(Cl)c(NC(=O)c2ccccc2)c(O)c1Cl)c1ccccc1. The number of anilines is 2. The number of amides is 2. The summed E-state index contributed by atoms with van der Waals surface area (Å²) in [5, 5.41) is 24.8. The molecule has 0 spiro atoms. The van der Waals surface area contributed by atoms with Gasteiger partial charge in [0.15, 0.2) is 11.5 Å². The standard InChI is InChI=1S/C20H14Cl2N2O4/c21-13-15(23-19(27)11-7-3-1-4-8-11)17(25)14(22)16(18(13)26)24-20(28)12-9-5-2-6-10-12/h1-10,25-26H,(H,23,27)(H,24,28). The van der Waals surface area contributed by atoms with Gasteiger partial charge in [0.25, 0.3) is 11.8 Å². The van der Waals surface area contributed by atoms with Gasteiger partial charge in [0.2, 0.25) is 0 Å². The molecule has 0 saturated carbocycles. The van der Waals surface area contributed by atoms with E-state index in [2.05, 4.69) is 10.6 Å². The predicted octanol–water partition coefficient (Wildman–Crippen LogP) is 4.91. The first-order chi connectivity index (χ1) is 13.4. The van der Waals surface area contributed by atoms with Crippen molar-refractivity contribution in [2.24, 2.45) is 0 Å². The lowest BCUT2D eigenvalue weighted by molar-refractivity contribution is 0.101. The van der Waals surface area contributed by atoms with E-state index >= 15 is 0 Å². The third kappa shape index (κ3) is 3.88. The second-order valence-electron chi connectivity index (χ2n) is 5.72. The fourth-order valence-electron chi connectivity index (χ4n) is 2.44. The van der Waals surface area contributed by atoms with Gasteiger partial charge in [-0.2, -0.15) is 0 Å². The Hall–Kier alpha value is -3.22. The van der Waals surface area contributed by atoms with Crippen LogP contribution in [0.25, 0.3) is 0 Å². The van der Waals surface area contributed by atoms with Crippen molar-refractivity contribution in [1.82, 2.24) is 0 Å². The largest absolute Gasteiger partial charge is 0.504 e. The Bertz CT molecular complexity index is 928. The zero-order chi connectivity index (χ0) is 20.3. The topological polar surface area (TPSA) is 98.7 Å². The molecular weight excluding hydrogens is 403 g/mol. The average molecular weight is 417 g/mol. The van der Waals surface area contributed by atoms with E-state index in [-0.39, 0.29) is 21.4 Å². The number of nitrogens with one attached hydrogen (secondary N) is 2. The van der Waals surface area contributed by atoms with Crippen LogP contribution < -0.4 is 10.6 Å². The maximum absolute atomic E-state index is 12.3. The van der Waals surface area contributed by atoms with Crippen molar-refractivity contribution >= 4 is 46.4 Å². The number of halogens is 2. The first kappa shape index (κ1) is 19.5. The van der Waals surface area contributed by atoms with E-state index in [1.165, 1.54) is 0 Å². The predicted molar refractivity (Wildman–Crippen MR) is 109 cm³/mol. The molecule has 0 atom stereocenters. The van der Waals surface area contributed by atoms with Crippen LogP contribution in [0.5, 0.6) is 11.5 Å². The molecule has 0 aromatic heterocycles. The average Bonchev–Trinajstić information content (AvgIpc) is 2.73. The van der Waals surface area contributed by atoms with Crippen LogP contribution in [0.3, 0.4) is 0 Å². The summed E-state index contributed by atoms with van der Waals surface area (Å²) in [5.41, 5.74) is 0.0940. The number of rotatable bonds is 4. The number of hydrogen-bond acceptors (Lipinski definition) is 4. The molecule has 0 heterocycles. The number of carbonyl (C=O) groups is 2. The van der Waals surface area contributed by atoms with Gasteiger partial charge in [-0.3, -0.25) is 9.59 Å². The Morgan fingerprint density at radius 2 is 0.964 bits per heavy atom. The summed E-state index contributed by atoms with van der Waals surface area (Å²) < 4.78 is 0. The Kier molecular flexibility index (Phi) is 5.73. The van der Waals surface area contributed by atoms with Gasteiger partial charge in [-0.05, 0) is 24.3 Å². The molecule has 142 valence electrons. The summed E-state index contributed by atoms with van der Waals surface area (Å²) in [6.07, 6.45) is 0. The molecule has 3 aromatic rings. The summed E-state index contributed by atoms with van der Waals surface area (Å²) in [4.78, 5) is 24.6. The third-order valence-corrected chi connectivity index (χ3v) is 4.61. The molecule has 6 nitrogen and oxygen atoms in total. The van der Waals surface area contributed by atoms with Crippen molar-refractivity contribution < 1.29 is 19.8 Å². The van der Waals surface area contributed by atoms with Gasteiger partial charge in [-0.25, -0.2) is 0 Å².